The maximum absolute atomic E-state index is 13.9. The van der Waals surface area contributed by atoms with Crippen molar-refractivity contribution in [1.29, 1.82) is 0 Å². The lowest BCUT2D eigenvalue weighted by atomic mass is 9.79. The average molecular weight is 304 g/mol. The van der Waals surface area contributed by atoms with Gasteiger partial charge in [-0.05, 0) is 60.9 Å². The maximum atomic E-state index is 13.9. The first-order valence-electron chi connectivity index (χ1n) is 7.43. The summed E-state index contributed by atoms with van der Waals surface area (Å²) in [6.45, 7) is 0. The van der Waals surface area contributed by atoms with E-state index in [1.165, 1.54) is 23.6 Å². The molecule has 0 saturated heterocycles. The van der Waals surface area contributed by atoms with Gasteiger partial charge in [0.15, 0.2) is 0 Å². The van der Waals surface area contributed by atoms with Gasteiger partial charge in [-0.3, -0.25) is 0 Å². The van der Waals surface area contributed by atoms with E-state index in [2.05, 4.69) is 24.3 Å². The van der Waals surface area contributed by atoms with Gasteiger partial charge in [0.25, 0.3) is 0 Å². The Balaban J connectivity index is 1.82. The van der Waals surface area contributed by atoms with Crippen molar-refractivity contribution in [2.75, 3.05) is 0 Å². The van der Waals surface area contributed by atoms with Crippen LogP contribution < -0.4 is 5.73 Å². The van der Waals surface area contributed by atoms with Crippen molar-refractivity contribution >= 4 is 11.6 Å². The highest BCUT2D eigenvalue weighted by atomic mass is 35.5. The van der Waals surface area contributed by atoms with Crippen LogP contribution in [0.4, 0.5) is 4.39 Å². The topological polar surface area (TPSA) is 26.0 Å². The fourth-order valence-corrected chi connectivity index (χ4v) is 3.51. The molecule has 0 heterocycles. The van der Waals surface area contributed by atoms with E-state index in [0.717, 1.165) is 19.3 Å². The molecule has 0 radical (unpaired) electrons. The van der Waals surface area contributed by atoms with Crippen LogP contribution in [-0.2, 0) is 6.42 Å². The molecule has 0 aliphatic heterocycles. The molecule has 0 saturated carbocycles. The van der Waals surface area contributed by atoms with E-state index >= 15 is 0 Å². The number of benzene rings is 2. The second kappa shape index (κ2) is 6.17. The van der Waals surface area contributed by atoms with Gasteiger partial charge in [0.1, 0.15) is 5.82 Å². The van der Waals surface area contributed by atoms with E-state index in [4.69, 9.17) is 17.3 Å². The number of fused-ring (bicyclic) bond motifs is 1. The predicted octanol–water partition coefficient (Wildman–Crippen LogP) is 4.99. The molecule has 2 atom stereocenters. The Kier molecular flexibility index (Phi) is 4.27. The fourth-order valence-electron chi connectivity index (χ4n) is 3.33. The Morgan fingerprint density at radius 1 is 1.24 bits per heavy atom. The molecule has 2 aromatic rings. The summed E-state index contributed by atoms with van der Waals surface area (Å²) in [5, 5.41) is 0.533. The minimum Gasteiger partial charge on any atom is -0.324 e. The number of hydrogen-bond donors (Lipinski definition) is 1. The molecule has 0 amide bonds. The first kappa shape index (κ1) is 14.6. The summed E-state index contributed by atoms with van der Waals surface area (Å²) in [5.41, 5.74) is 9.56. The van der Waals surface area contributed by atoms with Gasteiger partial charge >= 0.3 is 0 Å². The standard InChI is InChI=1S/C18H19ClFN/c19-14-8-9-17(20)16(11-14)18(21)10-13-6-3-5-12-4-1-2-7-15(12)13/h1-2,4,7-9,11,13,18H,3,5-6,10,21H2. The number of halogens is 2. The van der Waals surface area contributed by atoms with Crippen LogP contribution >= 0.6 is 11.6 Å². The van der Waals surface area contributed by atoms with Crippen molar-refractivity contribution in [3.05, 3.63) is 70.0 Å². The third-order valence-corrected chi connectivity index (χ3v) is 4.62. The van der Waals surface area contributed by atoms with Crippen molar-refractivity contribution in [2.24, 2.45) is 5.73 Å². The fraction of sp³-hybridized carbons (Fsp3) is 0.333. The van der Waals surface area contributed by atoms with Crippen LogP contribution in [0.3, 0.4) is 0 Å². The Morgan fingerprint density at radius 3 is 2.90 bits per heavy atom. The zero-order valence-electron chi connectivity index (χ0n) is 11.9. The number of hydrogen-bond acceptors (Lipinski definition) is 1. The predicted molar refractivity (Wildman–Crippen MR) is 85.1 cm³/mol. The lowest BCUT2D eigenvalue weighted by molar-refractivity contribution is 0.465. The van der Waals surface area contributed by atoms with Gasteiger partial charge in [0.05, 0.1) is 0 Å². The van der Waals surface area contributed by atoms with Crippen molar-refractivity contribution in [3.63, 3.8) is 0 Å². The molecule has 1 nitrogen and oxygen atoms in total. The molecule has 0 spiro atoms. The van der Waals surface area contributed by atoms with Crippen molar-refractivity contribution in [3.8, 4) is 0 Å². The van der Waals surface area contributed by atoms with Crippen LogP contribution in [0.15, 0.2) is 42.5 Å². The van der Waals surface area contributed by atoms with Gasteiger partial charge in [0, 0.05) is 16.6 Å². The minimum atomic E-state index is -0.320. The zero-order chi connectivity index (χ0) is 14.8. The van der Waals surface area contributed by atoms with Gasteiger partial charge in [-0.1, -0.05) is 35.9 Å². The van der Waals surface area contributed by atoms with Crippen molar-refractivity contribution in [2.45, 2.75) is 37.6 Å². The van der Waals surface area contributed by atoms with Crippen LogP contribution in [-0.4, -0.2) is 0 Å². The molecule has 21 heavy (non-hydrogen) atoms. The molecule has 2 aromatic carbocycles. The summed E-state index contributed by atoms with van der Waals surface area (Å²) >= 11 is 5.96. The molecule has 0 bridgehead atoms. The van der Waals surface area contributed by atoms with E-state index in [1.807, 2.05) is 0 Å². The largest absolute Gasteiger partial charge is 0.324 e. The van der Waals surface area contributed by atoms with Crippen LogP contribution in [0.2, 0.25) is 5.02 Å². The molecule has 3 heteroatoms. The lowest BCUT2D eigenvalue weighted by Gasteiger charge is -2.28. The second-order valence-corrected chi connectivity index (χ2v) is 6.23. The van der Waals surface area contributed by atoms with Crippen LogP contribution in [0, 0.1) is 5.82 Å². The number of rotatable bonds is 3. The SMILES string of the molecule is NC(CC1CCCc2ccccc21)c1cc(Cl)ccc1F. The van der Waals surface area contributed by atoms with E-state index in [0.29, 0.717) is 16.5 Å². The normalized spacial score (nSPS) is 19.1. The highest BCUT2D eigenvalue weighted by Gasteiger charge is 2.23. The minimum absolute atomic E-state index is 0.268. The van der Waals surface area contributed by atoms with Crippen LogP contribution in [0.25, 0.3) is 0 Å². The Hall–Kier alpha value is -1.38. The lowest BCUT2D eigenvalue weighted by Crippen LogP contribution is -2.19. The molecule has 2 unspecified atom stereocenters. The molecular weight excluding hydrogens is 285 g/mol. The summed E-state index contributed by atoms with van der Waals surface area (Å²) in [6, 6.07) is 12.8. The monoisotopic (exact) mass is 303 g/mol. The highest BCUT2D eigenvalue weighted by Crippen LogP contribution is 2.37. The van der Waals surface area contributed by atoms with Crippen molar-refractivity contribution < 1.29 is 4.39 Å². The average Bonchev–Trinajstić information content (AvgIpc) is 2.50. The smallest absolute Gasteiger partial charge is 0.128 e. The van der Waals surface area contributed by atoms with Crippen molar-refractivity contribution in [1.82, 2.24) is 0 Å². The third kappa shape index (κ3) is 3.12. The first-order valence-corrected chi connectivity index (χ1v) is 7.81. The molecule has 110 valence electrons. The van der Waals surface area contributed by atoms with Gasteiger partial charge in [0.2, 0.25) is 0 Å². The van der Waals surface area contributed by atoms with Gasteiger partial charge in [-0.2, -0.15) is 0 Å². The number of aryl methyl sites for hydroxylation is 1. The van der Waals surface area contributed by atoms with Gasteiger partial charge in [-0.25, -0.2) is 4.39 Å². The van der Waals surface area contributed by atoms with Crippen LogP contribution in [0.5, 0.6) is 0 Å². The molecule has 2 N–H and O–H groups in total. The quantitative estimate of drug-likeness (QED) is 0.849. The molecule has 1 aliphatic carbocycles. The van der Waals surface area contributed by atoms with E-state index in [9.17, 15) is 4.39 Å². The molecule has 3 rings (SSSR count). The third-order valence-electron chi connectivity index (χ3n) is 4.39. The summed E-state index contributed by atoms with van der Waals surface area (Å²) in [6.07, 6.45) is 4.18. The second-order valence-electron chi connectivity index (χ2n) is 5.80. The summed E-state index contributed by atoms with van der Waals surface area (Å²) in [4.78, 5) is 0. The molecule has 0 fully saturated rings. The Bertz CT molecular complexity index is 641. The summed E-state index contributed by atoms with van der Waals surface area (Å²) < 4.78 is 13.9. The molecule has 1 aliphatic rings. The summed E-state index contributed by atoms with van der Waals surface area (Å²) in [5.74, 6) is 0.138. The molecule has 0 aromatic heterocycles. The van der Waals surface area contributed by atoms with E-state index in [1.54, 1.807) is 12.1 Å². The Labute approximate surface area is 129 Å². The Morgan fingerprint density at radius 2 is 2.05 bits per heavy atom. The van der Waals surface area contributed by atoms with Gasteiger partial charge in [-0.15, -0.1) is 0 Å². The zero-order valence-corrected chi connectivity index (χ0v) is 12.6. The van der Waals surface area contributed by atoms with E-state index < -0.39 is 0 Å². The highest BCUT2D eigenvalue weighted by molar-refractivity contribution is 6.30. The number of nitrogens with two attached hydrogens (primary N) is 1. The first-order chi connectivity index (χ1) is 10.1. The van der Waals surface area contributed by atoms with Crippen LogP contribution in [0.1, 0.15) is 47.9 Å². The molecular formula is C18H19ClFN. The van der Waals surface area contributed by atoms with E-state index in [-0.39, 0.29) is 11.9 Å². The maximum Gasteiger partial charge on any atom is 0.128 e. The summed E-state index contributed by atoms with van der Waals surface area (Å²) in [7, 11) is 0. The van der Waals surface area contributed by atoms with Gasteiger partial charge < -0.3 is 5.73 Å².